The van der Waals surface area contributed by atoms with Crippen LogP contribution in [0.4, 0.5) is 0 Å². The maximum absolute atomic E-state index is 12.4. The lowest BCUT2D eigenvalue weighted by Gasteiger charge is -2.52. The Morgan fingerprint density at radius 1 is 0.929 bits per heavy atom. The van der Waals surface area contributed by atoms with E-state index in [2.05, 4.69) is 58.9 Å². The number of rotatable bonds is 6. The van der Waals surface area contributed by atoms with Crippen molar-refractivity contribution in [3.05, 3.63) is 35.9 Å². The molecule has 0 aliphatic carbocycles. The van der Waals surface area contributed by atoms with Gasteiger partial charge in [0.2, 0.25) is 5.91 Å². The lowest BCUT2D eigenvalue weighted by atomic mass is 9.78. The van der Waals surface area contributed by atoms with E-state index in [0.29, 0.717) is 11.8 Å². The number of benzene rings is 1. The molecule has 0 radical (unpaired) electrons. The number of amides is 1. The third-order valence-corrected chi connectivity index (χ3v) is 6.58. The summed E-state index contributed by atoms with van der Waals surface area (Å²) in [5, 5.41) is 0. The Morgan fingerprint density at radius 2 is 1.54 bits per heavy atom. The van der Waals surface area contributed by atoms with E-state index >= 15 is 0 Å². The van der Waals surface area contributed by atoms with Crippen molar-refractivity contribution in [3.63, 3.8) is 0 Å². The molecule has 0 N–H and O–H groups in total. The van der Waals surface area contributed by atoms with Gasteiger partial charge in [-0.15, -0.1) is 0 Å². The first-order chi connectivity index (χ1) is 13.4. The van der Waals surface area contributed by atoms with E-state index in [-0.39, 0.29) is 11.5 Å². The first-order valence-corrected chi connectivity index (χ1v) is 11.2. The summed E-state index contributed by atoms with van der Waals surface area (Å²) in [5.41, 5.74) is 1.69. The van der Waals surface area contributed by atoms with Crippen molar-refractivity contribution in [2.45, 2.75) is 59.0 Å². The normalized spacial score (nSPS) is 21.4. The lowest BCUT2D eigenvalue weighted by Crippen LogP contribution is -2.61. The molecular weight excluding hydrogens is 346 g/mol. The molecule has 2 heterocycles. The summed E-state index contributed by atoms with van der Waals surface area (Å²) in [5.74, 6) is 1.12. The molecule has 3 rings (SSSR count). The van der Waals surface area contributed by atoms with Crippen molar-refractivity contribution in [3.8, 4) is 0 Å². The molecule has 1 aromatic rings. The van der Waals surface area contributed by atoms with E-state index in [1.807, 2.05) is 13.8 Å². The monoisotopic (exact) mass is 385 g/mol. The van der Waals surface area contributed by atoms with Crippen LogP contribution in [0.15, 0.2) is 30.3 Å². The molecule has 2 aliphatic rings. The Balaban J connectivity index is 1.60. The predicted molar refractivity (Wildman–Crippen MR) is 116 cm³/mol. The fraction of sp³-hybridized carbons (Fsp3) is 0.708. The summed E-state index contributed by atoms with van der Waals surface area (Å²) >= 11 is 0. The molecule has 4 heteroatoms. The largest absolute Gasteiger partial charge is 0.342 e. The summed E-state index contributed by atoms with van der Waals surface area (Å²) in [6.45, 7) is 16.2. The van der Waals surface area contributed by atoms with Gasteiger partial charge in [0.15, 0.2) is 0 Å². The van der Waals surface area contributed by atoms with Crippen LogP contribution in [0.2, 0.25) is 0 Å². The van der Waals surface area contributed by atoms with Gasteiger partial charge >= 0.3 is 0 Å². The molecule has 1 aromatic carbocycles. The van der Waals surface area contributed by atoms with Gasteiger partial charge in [-0.2, -0.15) is 0 Å². The number of carbonyl (C=O) groups is 1. The van der Waals surface area contributed by atoms with E-state index in [1.54, 1.807) is 0 Å². The number of nitrogens with zero attached hydrogens (tertiary/aromatic N) is 3. The van der Waals surface area contributed by atoms with Crippen molar-refractivity contribution in [2.75, 3.05) is 39.3 Å². The van der Waals surface area contributed by atoms with Crippen LogP contribution < -0.4 is 0 Å². The van der Waals surface area contributed by atoms with Gasteiger partial charge in [0.1, 0.15) is 0 Å². The molecule has 0 unspecified atom stereocenters. The Kier molecular flexibility index (Phi) is 7.16. The van der Waals surface area contributed by atoms with E-state index in [0.717, 1.165) is 58.7 Å². The fourth-order valence-electron chi connectivity index (χ4n) is 5.14. The summed E-state index contributed by atoms with van der Waals surface area (Å²) in [7, 11) is 0. The number of carbonyl (C=O) groups excluding carboxylic acids is 1. The van der Waals surface area contributed by atoms with E-state index in [9.17, 15) is 4.79 Å². The highest BCUT2D eigenvalue weighted by molar-refractivity contribution is 5.78. The Bertz CT molecular complexity index is 612. The Hall–Kier alpha value is -1.39. The summed E-state index contributed by atoms with van der Waals surface area (Å²) < 4.78 is 0. The number of piperazine rings is 1. The minimum Gasteiger partial charge on any atom is -0.342 e. The van der Waals surface area contributed by atoms with Gasteiger partial charge in [-0.25, -0.2) is 0 Å². The number of hydrogen-bond donors (Lipinski definition) is 0. The van der Waals surface area contributed by atoms with Gasteiger partial charge in [0.05, 0.1) is 0 Å². The van der Waals surface area contributed by atoms with Crippen LogP contribution in [-0.2, 0) is 11.3 Å². The third-order valence-electron chi connectivity index (χ3n) is 6.58. The summed E-state index contributed by atoms with van der Waals surface area (Å²) in [6.07, 6.45) is 3.50. The van der Waals surface area contributed by atoms with Crippen molar-refractivity contribution in [1.82, 2.24) is 14.7 Å². The molecule has 4 nitrogen and oxygen atoms in total. The van der Waals surface area contributed by atoms with Gasteiger partial charge in [-0.05, 0) is 30.7 Å². The zero-order valence-electron chi connectivity index (χ0n) is 18.4. The second kappa shape index (κ2) is 9.41. The molecule has 28 heavy (non-hydrogen) atoms. The molecule has 0 bridgehead atoms. The van der Waals surface area contributed by atoms with Crippen LogP contribution in [0.5, 0.6) is 0 Å². The highest BCUT2D eigenvalue weighted by Crippen LogP contribution is 2.36. The smallest absolute Gasteiger partial charge is 0.225 e. The Morgan fingerprint density at radius 3 is 2.07 bits per heavy atom. The standard InChI is InChI=1S/C24H39N3O/c1-20(2)18-24(10-12-26(13-11-24)23(28)21(3)4)27-16-14-25(15-17-27)19-22-8-6-5-7-9-22/h5-9,20-21H,10-19H2,1-4H3. The molecule has 2 fully saturated rings. The topological polar surface area (TPSA) is 26.8 Å². The molecular formula is C24H39N3O. The van der Waals surface area contributed by atoms with Crippen molar-refractivity contribution in [1.29, 1.82) is 0 Å². The Labute approximate surface area is 171 Å². The van der Waals surface area contributed by atoms with Crippen LogP contribution in [0.3, 0.4) is 0 Å². The summed E-state index contributed by atoms with van der Waals surface area (Å²) in [4.78, 5) is 19.9. The van der Waals surface area contributed by atoms with Gasteiger partial charge in [-0.3, -0.25) is 14.6 Å². The lowest BCUT2D eigenvalue weighted by molar-refractivity contribution is -0.138. The van der Waals surface area contributed by atoms with Gasteiger partial charge in [-0.1, -0.05) is 58.0 Å². The van der Waals surface area contributed by atoms with E-state index in [4.69, 9.17) is 0 Å². The zero-order valence-corrected chi connectivity index (χ0v) is 18.4. The SMILES string of the molecule is CC(C)CC1(N2CCN(Cc3ccccc3)CC2)CCN(C(=O)C(C)C)CC1. The average Bonchev–Trinajstić information content (AvgIpc) is 2.69. The maximum Gasteiger partial charge on any atom is 0.225 e. The number of likely N-dealkylation sites (tertiary alicyclic amines) is 1. The van der Waals surface area contributed by atoms with Gasteiger partial charge in [0, 0.05) is 57.3 Å². The highest BCUT2D eigenvalue weighted by atomic mass is 16.2. The second-order valence-corrected chi connectivity index (χ2v) is 9.55. The fourth-order valence-corrected chi connectivity index (χ4v) is 5.14. The minimum absolute atomic E-state index is 0.110. The highest BCUT2D eigenvalue weighted by Gasteiger charge is 2.42. The molecule has 1 amide bonds. The van der Waals surface area contributed by atoms with E-state index < -0.39 is 0 Å². The van der Waals surface area contributed by atoms with E-state index in [1.165, 1.54) is 12.0 Å². The molecule has 156 valence electrons. The van der Waals surface area contributed by atoms with Crippen molar-refractivity contribution in [2.24, 2.45) is 11.8 Å². The minimum atomic E-state index is 0.110. The van der Waals surface area contributed by atoms with Crippen LogP contribution in [0, 0.1) is 11.8 Å². The van der Waals surface area contributed by atoms with Crippen LogP contribution >= 0.6 is 0 Å². The number of hydrogen-bond acceptors (Lipinski definition) is 3. The average molecular weight is 386 g/mol. The molecule has 2 saturated heterocycles. The number of piperidine rings is 1. The second-order valence-electron chi connectivity index (χ2n) is 9.55. The molecule has 0 saturated carbocycles. The van der Waals surface area contributed by atoms with Crippen LogP contribution in [-0.4, -0.2) is 65.4 Å². The quantitative estimate of drug-likeness (QED) is 0.744. The van der Waals surface area contributed by atoms with Crippen LogP contribution in [0.1, 0.15) is 52.5 Å². The molecule has 0 aromatic heterocycles. The van der Waals surface area contributed by atoms with Gasteiger partial charge < -0.3 is 4.90 Å². The van der Waals surface area contributed by atoms with Crippen molar-refractivity contribution >= 4 is 5.91 Å². The molecule has 2 aliphatic heterocycles. The maximum atomic E-state index is 12.4. The first kappa shape index (κ1) is 21.3. The molecule has 0 spiro atoms. The van der Waals surface area contributed by atoms with Gasteiger partial charge in [0.25, 0.3) is 0 Å². The zero-order chi connectivity index (χ0) is 20.1. The van der Waals surface area contributed by atoms with Crippen molar-refractivity contribution < 1.29 is 4.79 Å². The third kappa shape index (κ3) is 5.15. The predicted octanol–water partition coefficient (Wildman–Crippen LogP) is 3.87. The first-order valence-electron chi connectivity index (χ1n) is 11.2. The van der Waals surface area contributed by atoms with Crippen LogP contribution in [0.25, 0.3) is 0 Å². The molecule has 0 atom stereocenters. The summed E-state index contributed by atoms with van der Waals surface area (Å²) in [6, 6.07) is 10.8.